The van der Waals surface area contributed by atoms with Crippen molar-refractivity contribution in [1.29, 1.82) is 0 Å². The van der Waals surface area contributed by atoms with Gasteiger partial charge >= 0.3 is 0 Å². The predicted octanol–water partition coefficient (Wildman–Crippen LogP) is 4.63. The van der Waals surface area contributed by atoms with Crippen LogP contribution in [0, 0.1) is 0 Å². The number of carbonyl (C=O) groups is 1. The number of halogens is 2. The fraction of sp³-hybridized carbons (Fsp3) is 0.312. The first-order valence-corrected chi connectivity index (χ1v) is 9.03. The maximum atomic E-state index is 12.4. The first-order chi connectivity index (χ1) is 10.9. The molecule has 23 heavy (non-hydrogen) atoms. The van der Waals surface area contributed by atoms with Crippen LogP contribution in [0.25, 0.3) is 0 Å². The molecule has 1 N–H and O–H groups in total. The van der Waals surface area contributed by atoms with Crippen LogP contribution < -0.4 is 10.1 Å². The van der Waals surface area contributed by atoms with E-state index in [4.69, 9.17) is 16.3 Å². The van der Waals surface area contributed by atoms with Gasteiger partial charge in [0.05, 0.1) is 18.2 Å². The van der Waals surface area contributed by atoms with Crippen molar-refractivity contribution in [2.75, 3.05) is 19.5 Å². The number of ether oxygens (including phenoxy) is 1. The predicted molar refractivity (Wildman–Crippen MR) is 99.6 cm³/mol. The zero-order valence-electron chi connectivity index (χ0n) is 13.1. The van der Waals surface area contributed by atoms with Crippen LogP contribution in [-0.2, 0) is 11.3 Å². The molecule has 0 bridgehead atoms. The van der Waals surface area contributed by atoms with Gasteiger partial charge in [0.2, 0.25) is 5.91 Å². The largest absolute Gasteiger partial charge is 0.495 e. The Kier molecular flexibility index (Phi) is 6.47. The lowest BCUT2D eigenvalue weighted by Gasteiger charge is -2.23. The third kappa shape index (κ3) is 4.94. The average Bonchev–Trinajstić information content (AvgIpc) is 2.91. The molecule has 1 amide bonds. The minimum absolute atomic E-state index is 0.0793. The first-order valence-electron chi connectivity index (χ1n) is 6.98. The second kappa shape index (κ2) is 8.15. The summed E-state index contributed by atoms with van der Waals surface area (Å²) in [7, 11) is 3.48. The maximum Gasteiger partial charge on any atom is 0.241 e. The molecule has 0 aliphatic rings. The Bertz CT molecular complexity index is 692. The number of thiophene rings is 1. The van der Waals surface area contributed by atoms with Crippen LogP contribution in [0.3, 0.4) is 0 Å². The molecule has 4 nitrogen and oxygen atoms in total. The minimum Gasteiger partial charge on any atom is -0.495 e. The Morgan fingerprint density at radius 3 is 2.78 bits per heavy atom. The van der Waals surface area contributed by atoms with Crippen LogP contribution in [-0.4, -0.2) is 31.0 Å². The summed E-state index contributed by atoms with van der Waals surface area (Å²) in [5.41, 5.74) is 0.653. The Balaban J connectivity index is 1.97. The highest BCUT2D eigenvalue weighted by atomic mass is 79.9. The minimum atomic E-state index is -0.267. The fourth-order valence-electron chi connectivity index (χ4n) is 2.01. The van der Waals surface area contributed by atoms with Gasteiger partial charge in [0.1, 0.15) is 5.75 Å². The highest BCUT2D eigenvalue weighted by molar-refractivity contribution is 9.10. The fourth-order valence-corrected chi connectivity index (χ4v) is 3.78. The van der Waals surface area contributed by atoms with E-state index in [1.165, 1.54) is 4.88 Å². The molecule has 0 spiro atoms. The summed E-state index contributed by atoms with van der Waals surface area (Å²) in [6.45, 7) is 2.59. The van der Waals surface area contributed by atoms with Gasteiger partial charge in [-0.3, -0.25) is 9.69 Å². The van der Waals surface area contributed by atoms with E-state index in [1.807, 2.05) is 24.3 Å². The van der Waals surface area contributed by atoms with Gasteiger partial charge in [0, 0.05) is 27.0 Å². The number of nitrogens with one attached hydrogen (secondary N) is 1. The average molecular weight is 418 g/mol. The molecule has 2 aromatic rings. The number of rotatable bonds is 6. The summed E-state index contributed by atoms with van der Waals surface area (Å²) in [6.07, 6.45) is 0. The van der Waals surface area contributed by atoms with Crippen molar-refractivity contribution in [2.45, 2.75) is 19.5 Å². The maximum absolute atomic E-state index is 12.4. The number of amides is 1. The monoisotopic (exact) mass is 416 g/mol. The van der Waals surface area contributed by atoms with Crippen molar-refractivity contribution in [1.82, 2.24) is 4.90 Å². The van der Waals surface area contributed by atoms with Gasteiger partial charge in [0.15, 0.2) is 0 Å². The lowest BCUT2D eigenvalue weighted by atomic mass is 10.2. The van der Waals surface area contributed by atoms with Crippen LogP contribution in [0.5, 0.6) is 5.75 Å². The molecule has 0 saturated carbocycles. The molecule has 0 fully saturated rings. The molecule has 0 aliphatic heterocycles. The smallest absolute Gasteiger partial charge is 0.241 e. The van der Waals surface area contributed by atoms with Gasteiger partial charge in [-0.2, -0.15) is 0 Å². The third-order valence-corrected chi connectivity index (χ3v) is 5.46. The van der Waals surface area contributed by atoms with Crippen LogP contribution in [0.15, 0.2) is 34.1 Å². The van der Waals surface area contributed by atoms with Crippen molar-refractivity contribution >= 4 is 50.5 Å². The molecule has 1 aromatic carbocycles. The van der Waals surface area contributed by atoms with Crippen LogP contribution in [0.2, 0.25) is 5.02 Å². The number of methoxy groups -OCH3 is 1. The van der Waals surface area contributed by atoms with Gasteiger partial charge < -0.3 is 10.1 Å². The highest BCUT2D eigenvalue weighted by Gasteiger charge is 2.19. The summed E-state index contributed by atoms with van der Waals surface area (Å²) >= 11 is 11.2. The Morgan fingerprint density at radius 2 is 2.22 bits per heavy atom. The van der Waals surface area contributed by atoms with Crippen molar-refractivity contribution in [3.63, 3.8) is 0 Å². The highest BCUT2D eigenvalue weighted by Crippen LogP contribution is 2.27. The second-order valence-corrected chi connectivity index (χ2v) is 7.48. The van der Waals surface area contributed by atoms with Crippen molar-refractivity contribution < 1.29 is 9.53 Å². The molecular formula is C16H18BrClN2O2S. The van der Waals surface area contributed by atoms with Gasteiger partial charge in [-0.15, -0.1) is 11.3 Å². The molecule has 1 heterocycles. The van der Waals surface area contributed by atoms with Gasteiger partial charge in [-0.05, 0) is 54.2 Å². The quantitative estimate of drug-likeness (QED) is 0.745. The Morgan fingerprint density at radius 1 is 1.48 bits per heavy atom. The van der Waals surface area contributed by atoms with E-state index in [1.54, 1.807) is 36.6 Å². The number of likely N-dealkylation sites (N-methyl/N-ethyl adjacent to an activating group) is 1. The van der Waals surface area contributed by atoms with Crippen LogP contribution in [0.1, 0.15) is 11.8 Å². The van der Waals surface area contributed by atoms with Crippen LogP contribution >= 0.6 is 38.9 Å². The molecule has 0 saturated heterocycles. The Hall–Kier alpha value is -1.08. The van der Waals surface area contributed by atoms with E-state index in [0.29, 0.717) is 23.0 Å². The third-order valence-electron chi connectivity index (χ3n) is 3.49. The molecule has 2 rings (SSSR count). The molecule has 7 heteroatoms. The van der Waals surface area contributed by atoms with E-state index in [0.717, 1.165) is 4.47 Å². The number of anilines is 1. The summed E-state index contributed by atoms with van der Waals surface area (Å²) in [4.78, 5) is 15.6. The Labute approximate surface area is 153 Å². The van der Waals surface area contributed by atoms with Gasteiger partial charge in [0.25, 0.3) is 0 Å². The number of carbonyl (C=O) groups excluding carboxylic acids is 1. The lowest BCUT2D eigenvalue weighted by Crippen LogP contribution is -2.39. The zero-order chi connectivity index (χ0) is 17.0. The van der Waals surface area contributed by atoms with Crippen molar-refractivity contribution in [3.05, 3.63) is 44.0 Å². The van der Waals surface area contributed by atoms with E-state index < -0.39 is 0 Å². The topological polar surface area (TPSA) is 41.6 Å². The molecular weight excluding hydrogens is 400 g/mol. The summed E-state index contributed by atoms with van der Waals surface area (Å²) in [5, 5.41) is 5.38. The van der Waals surface area contributed by atoms with E-state index in [2.05, 4.69) is 27.3 Å². The summed E-state index contributed by atoms with van der Waals surface area (Å²) < 4.78 is 6.17. The number of nitrogens with zero attached hydrogens (tertiary/aromatic N) is 1. The molecule has 1 atom stereocenters. The standard InChI is InChI=1S/C16H18BrClN2O2S/c1-10(20(2)8-13-6-11(17)9-23-13)16(21)19-12-4-5-15(22-3)14(18)7-12/h4-7,9-10H,8H2,1-3H3,(H,19,21). The molecule has 124 valence electrons. The zero-order valence-corrected chi connectivity index (χ0v) is 16.3. The molecule has 1 aromatic heterocycles. The van der Waals surface area contributed by atoms with E-state index >= 15 is 0 Å². The van der Waals surface area contributed by atoms with Gasteiger partial charge in [-0.25, -0.2) is 0 Å². The molecule has 0 aliphatic carbocycles. The molecule has 0 radical (unpaired) electrons. The SMILES string of the molecule is COc1ccc(NC(=O)C(C)N(C)Cc2cc(Br)cs2)cc1Cl. The normalized spacial score (nSPS) is 12.3. The van der Waals surface area contributed by atoms with Crippen molar-refractivity contribution in [3.8, 4) is 5.75 Å². The van der Waals surface area contributed by atoms with E-state index in [9.17, 15) is 4.79 Å². The van der Waals surface area contributed by atoms with Crippen LogP contribution in [0.4, 0.5) is 5.69 Å². The second-order valence-electron chi connectivity index (χ2n) is 5.16. The number of hydrogen-bond donors (Lipinski definition) is 1. The molecule has 1 unspecified atom stereocenters. The lowest BCUT2D eigenvalue weighted by molar-refractivity contribution is -0.120. The van der Waals surface area contributed by atoms with Crippen molar-refractivity contribution in [2.24, 2.45) is 0 Å². The first kappa shape index (κ1) is 18.3. The van der Waals surface area contributed by atoms with E-state index in [-0.39, 0.29) is 11.9 Å². The summed E-state index contributed by atoms with van der Waals surface area (Å²) in [6, 6.07) is 6.98. The number of benzene rings is 1. The summed E-state index contributed by atoms with van der Waals surface area (Å²) in [5.74, 6) is 0.502. The van der Waals surface area contributed by atoms with Gasteiger partial charge in [-0.1, -0.05) is 11.6 Å². The number of hydrogen-bond acceptors (Lipinski definition) is 4.